The molecular weight excluding hydrogens is 693 g/mol. The van der Waals surface area contributed by atoms with E-state index >= 15 is 0 Å². The van der Waals surface area contributed by atoms with Gasteiger partial charge in [-0.2, -0.15) is 0 Å². The van der Waals surface area contributed by atoms with Gasteiger partial charge in [0.1, 0.15) is 19.8 Å². The lowest BCUT2D eigenvalue weighted by Gasteiger charge is -2.28. The van der Waals surface area contributed by atoms with Crippen molar-refractivity contribution in [3.63, 3.8) is 0 Å². The first-order valence-corrected chi connectivity index (χ1v) is 22.5. The number of phosphoric acid groups is 1. The summed E-state index contributed by atoms with van der Waals surface area (Å²) in [5.74, 6) is -0.718. The maximum absolute atomic E-state index is 12.6. The predicted octanol–water partition coefficient (Wildman–Crippen LogP) is 10.1. The van der Waals surface area contributed by atoms with Gasteiger partial charge in [0, 0.05) is 19.3 Å². The highest BCUT2D eigenvalue weighted by atomic mass is 31.2. The number of phosphoric ester groups is 1. The third-order valence-corrected chi connectivity index (χ3v) is 9.91. The molecule has 53 heavy (non-hydrogen) atoms. The molecule has 0 aromatic heterocycles. The van der Waals surface area contributed by atoms with Gasteiger partial charge in [0.25, 0.3) is 7.82 Å². The molecule has 0 aliphatic rings. The summed E-state index contributed by atoms with van der Waals surface area (Å²) in [6.45, 7) is 4.01. The van der Waals surface area contributed by atoms with Crippen LogP contribution in [0.1, 0.15) is 174 Å². The lowest BCUT2D eigenvalue weighted by molar-refractivity contribution is -0.870. The molecule has 0 heterocycles. The summed E-state index contributed by atoms with van der Waals surface area (Å²) in [4.78, 5) is 49.2. The zero-order chi connectivity index (χ0) is 39.5. The number of esters is 2. The topological polar surface area (TPSA) is 128 Å². The summed E-state index contributed by atoms with van der Waals surface area (Å²) >= 11 is 0. The molecule has 11 heteroatoms. The molecule has 10 nitrogen and oxygen atoms in total. The first-order valence-electron chi connectivity index (χ1n) is 21.0. The molecule has 0 spiro atoms. The van der Waals surface area contributed by atoms with E-state index in [0.717, 1.165) is 70.6 Å². The Morgan fingerprint density at radius 1 is 0.623 bits per heavy atom. The van der Waals surface area contributed by atoms with Gasteiger partial charge in [0.15, 0.2) is 11.9 Å². The molecular formula is C42H78NO9P. The summed E-state index contributed by atoms with van der Waals surface area (Å²) < 4.78 is 33.8. The molecule has 2 atom stereocenters. The van der Waals surface area contributed by atoms with Crippen molar-refractivity contribution in [2.75, 3.05) is 47.5 Å². The van der Waals surface area contributed by atoms with Crippen LogP contribution in [0.3, 0.4) is 0 Å². The van der Waals surface area contributed by atoms with Gasteiger partial charge in [0.05, 0.1) is 27.7 Å². The second-order valence-electron chi connectivity index (χ2n) is 15.4. The van der Waals surface area contributed by atoms with Crippen LogP contribution in [-0.2, 0) is 37.5 Å². The number of quaternary nitrogens is 1. The van der Waals surface area contributed by atoms with Crippen molar-refractivity contribution in [1.29, 1.82) is 0 Å². The summed E-state index contributed by atoms with van der Waals surface area (Å²) in [5.41, 5.74) is 0. The van der Waals surface area contributed by atoms with Crippen LogP contribution in [0.25, 0.3) is 0 Å². The van der Waals surface area contributed by atoms with Crippen LogP contribution in [0.15, 0.2) is 24.3 Å². The Labute approximate surface area is 324 Å². The lowest BCUT2D eigenvalue weighted by atomic mass is 10.0. The van der Waals surface area contributed by atoms with E-state index in [4.69, 9.17) is 18.5 Å². The number of hydrogen-bond acceptors (Lipinski definition) is 9. The Morgan fingerprint density at radius 2 is 1.11 bits per heavy atom. The van der Waals surface area contributed by atoms with Crippen molar-refractivity contribution in [3.8, 4) is 0 Å². The van der Waals surface area contributed by atoms with E-state index in [1.807, 2.05) is 33.3 Å². The predicted molar refractivity (Wildman–Crippen MR) is 213 cm³/mol. The first kappa shape index (κ1) is 51.2. The van der Waals surface area contributed by atoms with Crippen molar-refractivity contribution in [2.45, 2.75) is 180 Å². The van der Waals surface area contributed by atoms with Gasteiger partial charge in [-0.3, -0.25) is 18.9 Å². The Balaban J connectivity index is 4.45. The van der Waals surface area contributed by atoms with Crippen LogP contribution < -0.4 is 4.89 Å². The van der Waals surface area contributed by atoms with Gasteiger partial charge >= 0.3 is 11.9 Å². The molecule has 0 aromatic rings. The highest BCUT2D eigenvalue weighted by Crippen LogP contribution is 2.38. The molecule has 0 saturated carbocycles. The SMILES string of the molecule is CCCCCCCCCCCCCCCC(=O)OC[C@H](COP(=O)([O-])OCC[N+](C)(C)C)OC(=O)CCCCCCC/C=C\C=C\C(=O)CCCCC. The van der Waals surface area contributed by atoms with Gasteiger partial charge in [-0.15, -0.1) is 0 Å². The van der Waals surface area contributed by atoms with Crippen LogP contribution >= 0.6 is 7.82 Å². The molecule has 0 fully saturated rings. The van der Waals surface area contributed by atoms with Crippen molar-refractivity contribution in [2.24, 2.45) is 0 Å². The molecule has 1 unspecified atom stereocenters. The number of likely N-dealkylation sites (N-methyl/N-ethyl adjacent to an activating group) is 1. The summed E-state index contributed by atoms with van der Waals surface area (Å²) in [6.07, 6.45) is 31.8. The molecule has 0 saturated heterocycles. The van der Waals surface area contributed by atoms with E-state index in [-0.39, 0.29) is 31.8 Å². The highest BCUT2D eigenvalue weighted by molar-refractivity contribution is 7.45. The standard InChI is InChI=1S/C42H78NO9P/c1-6-8-10-11-12-13-14-15-16-19-22-25-29-33-41(45)49-37-40(38-51-53(47,48)50-36-35-43(3,4)5)52-42(46)34-30-26-23-20-17-18-21-24-28-32-39(44)31-27-9-7-2/h21,24,28,32,40H,6-20,22-23,25-27,29-31,33-38H2,1-5H3/b24-21-,32-28+/t40-/m1/s1. The number of unbranched alkanes of at least 4 members (excludes halogenated alkanes) is 19. The molecule has 0 amide bonds. The number of rotatable bonds is 38. The Kier molecular flexibility index (Phi) is 33.4. The van der Waals surface area contributed by atoms with Crippen molar-refractivity contribution in [1.82, 2.24) is 0 Å². The maximum Gasteiger partial charge on any atom is 0.306 e. The van der Waals surface area contributed by atoms with Crippen LogP contribution in [0.5, 0.6) is 0 Å². The summed E-state index contributed by atoms with van der Waals surface area (Å²) in [6, 6.07) is 0. The number of carbonyl (C=O) groups is 3. The third-order valence-electron chi connectivity index (χ3n) is 8.95. The van der Waals surface area contributed by atoms with Gasteiger partial charge in [-0.25, -0.2) is 0 Å². The zero-order valence-corrected chi connectivity index (χ0v) is 35.4. The fourth-order valence-electron chi connectivity index (χ4n) is 5.58. The fourth-order valence-corrected chi connectivity index (χ4v) is 6.31. The van der Waals surface area contributed by atoms with Crippen molar-refractivity contribution >= 4 is 25.5 Å². The smallest absolute Gasteiger partial charge is 0.306 e. The lowest BCUT2D eigenvalue weighted by Crippen LogP contribution is -2.37. The van der Waals surface area contributed by atoms with E-state index in [0.29, 0.717) is 23.9 Å². The molecule has 0 bridgehead atoms. The van der Waals surface area contributed by atoms with Crippen LogP contribution in [0.2, 0.25) is 0 Å². The van der Waals surface area contributed by atoms with E-state index in [1.165, 1.54) is 64.2 Å². The maximum atomic E-state index is 12.6. The number of allylic oxidation sites excluding steroid dienone is 4. The van der Waals surface area contributed by atoms with Gasteiger partial charge < -0.3 is 27.9 Å². The summed E-state index contributed by atoms with van der Waals surface area (Å²) in [7, 11) is 1.11. The molecule has 0 aliphatic heterocycles. The molecule has 0 N–H and O–H groups in total. The average Bonchev–Trinajstić information content (AvgIpc) is 3.09. The molecule has 0 aromatic carbocycles. The first-order chi connectivity index (χ1) is 25.4. The van der Waals surface area contributed by atoms with Gasteiger partial charge in [-0.1, -0.05) is 141 Å². The largest absolute Gasteiger partial charge is 0.756 e. The zero-order valence-electron chi connectivity index (χ0n) is 34.5. The quantitative estimate of drug-likeness (QED) is 0.0150. The third kappa shape index (κ3) is 38.2. The average molecular weight is 772 g/mol. The van der Waals surface area contributed by atoms with Gasteiger partial charge in [-0.05, 0) is 38.2 Å². The number of hydrogen-bond donors (Lipinski definition) is 0. The van der Waals surface area contributed by atoms with Crippen LogP contribution in [-0.4, -0.2) is 75.8 Å². The van der Waals surface area contributed by atoms with E-state index in [1.54, 1.807) is 6.08 Å². The number of carbonyl (C=O) groups excluding carboxylic acids is 3. The Bertz CT molecular complexity index is 1020. The Hall–Kier alpha value is -1.84. The number of nitrogens with zero attached hydrogens (tertiary/aromatic N) is 1. The second-order valence-corrected chi connectivity index (χ2v) is 16.8. The second kappa shape index (κ2) is 34.6. The van der Waals surface area contributed by atoms with E-state index < -0.39 is 32.5 Å². The van der Waals surface area contributed by atoms with Gasteiger partial charge in [0.2, 0.25) is 0 Å². The molecule has 0 radical (unpaired) electrons. The van der Waals surface area contributed by atoms with Crippen LogP contribution in [0, 0.1) is 0 Å². The molecule has 0 rings (SSSR count). The minimum absolute atomic E-state index is 0.0453. The highest BCUT2D eigenvalue weighted by Gasteiger charge is 2.21. The minimum atomic E-state index is -4.64. The summed E-state index contributed by atoms with van der Waals surface area (Å²) in [5, 5.41) is 0. The van der Waals surface area contributed by atoms with Crippen LogP contribution in [0.4, 0.5) is 0 Å². The van der Waals surface area contributed by atoms with E-state index in [2.05, 4.69) is 19.9 Å². The minimum Gasteiger partial charge on any atom is -0.756 e. The number of ketones is 1. The fraction of sp³-hybridized carbons (Fsp3) is 0.833. The monoisotopic (exact) mass is 772 g/mol. The van der Waals surface area contributed by atoms with Crippen molar-refractivity contribution < 1.29 is 46.8 Å². The number of ether oxygens (including phenoxy) is 2. The van der Waals surface area contributed by atoms with Crippen molar-refractivity contribution in [3.05, 3.63) is 24.3 Å². The van der Waals surface area contributed by atoms with E-state index in [9.17, 15) is 23.8 Å². The molecule has 0 aliphatic carbocycles. The molecule has 310 valence electrons. The normalized spacial score (nSPS) is 13.8. The Morgan fingerprint density at radius 3 is 1.68 bits per heavy atom.